The average molecular weight is 560 g/mol. The molecule has 0 aliphatic rings. The number of guanidine groups is 1. The van der Waals surface area contributed by atoms with Crippen LogP contribution in [-0.2, 0) is 30.4 Å². The van der Waals surface area contributed by atoms with E-state index >= 15 is 0 Å². The molecule has 0 heterocycles. The maximum absolute atomic E-state index is 13.3. The normalized spacial score (nSPS) is 12.6. The Bertz CT molecular complexity index is 1120. The van der Waals surface area contributed by atoms with Gasteiger partial charge < -0.3 is 44.0 Å². The molecular formula is C25H37N9O6. The first kappa shape index (κ1) is 33.1. The van der Waals surface area contributed by atoms with Gasteiger partial charge in [-0.2, -0.15) is 0 Å². The molecule has 0 aromatic heterocycles. The fourth-order valence-electron chi connectivity index (χ4n) is 3.53. The number of nitrogen functional groups attached to an aromatic ring is 1. The highest BCUT2D eigenvalue weighted by molar-refractivity contribution is 6.02. The Morgan fingerprint density at radius 1 is 0.950 bits per heavy atom. The van der Waals surface area contributed by atoms with E-state index in [9.17, 15) is 24.0 Å². The van der Waals surface area contributed by atoms with E-state index in [1.807, 2.05) is 0 Å². The lowest BCUT2D eigenvalue weighted by atomic mass is 9.95. The quantitative estimate of drug-likeness (QED) is 0.0310. The Hall–Kier alpha value is -4.95. The van der Waals surface area contributed by atoms with E-state index in [1.165, 1.54) is 6.08 Å². The largest absolute Gasteiger partial charge is 0.481 e. The Labute approximate surface area is 231 Å². The van der Waals surface area contributed by atoms with Gasteiger partial charge in [0, 0.05) is 25.1 Å². The summed E-state index contributed by atoms with van der Waals surface area (Å²) in [7, 11) is 0. The Morgan fingerprint density at radius 3 is 2.10 bits per heavy atom. The monoisotopic (exact) mass is 559 g/mol. The van der Waals surface area contributed by atoms with Crippen LogP contribution >= 0.6 is 0 Å². The number of nitrogens with two attached hydrogens (primary N) is 4. The van der Waals surface area contributed by atoms with Crippen molar-refractivity contribution in [1.82, 2.24) is 16.0 Å². The molecule has 0 aliphatic carbocycles. The van der Waals surface area contributed by atoms with Gasteiger partial charge >= 0.3 is 5.97 Å². The molecule has 3 atom stereocenters. The van der Waals surface area contributed by atoms with Crippen LogP contribution in [0.25, 0.3) is 0 Å². The molecule has 0 saturated heterocycles. The molecule has 15 heteroatoms. The van der Waals surface area contributed by atoms with Gasteiger partial charge in [-0.05, 0) is 31.2 Å². The first-order valence-electron chi connectivity index (χ1n) is 12.3. The summed E-state index contributed by atoms with van der Waals surface area (Å²) in [4.78, 5) is 66.0. The van der Waals surface area contributed by atoms with E-state index in [4.69, 9.17) is 33.5 Å². The van der Waals surface area contributed by atoms with Crippen molar-refractivity contribution < 1.29 is 29.1 Å². The highest BCUT2D eigenvalue weighted by Gasteiger charge is 2.32. The fraction of sp³-hybridized carbons (Fsp3) is 0.400. The predicted octanol–water partition coefficient (Wildman–Crippen LogP) is -2.20. The summed E-state index contributed by atoms with van der Waals surface area (Å²) in [6.07, 6.45) is 0.931. The summed E-state index contributed by atoms with van der Waals surface area (Å²) < 4.78 is 0. The fourth-order valence-corrected chi connectivity index (χ4v) is 3.53. The van der Waals surface area contributed by atoms with Crippen molar-refractivity contribution in [3.8, 4) is 0 Å². The maximum atomic E-state index is 13.3. The number of nitrogens with one attached hydrogen (secondary N) is 4. The Morgan fingerprint density at radius 2 is 1.57 bits per heavy atom. The molecule has 0 aliphatic heterocycles. The van der Waals surface area contributed by atoms with Crippen LogP contribution in [0.4, 0.5) is 0 Å². The minimum atomic E-state index is -1.39. The van der Waals surface area contributed by atoms with Gasteiger partial charge in [0.2, 0.25) is 23.6 Å². The van der Waals surface area contributed by atoms with Crippen molar-refractivity contribution in [2.24, 2.45) is 33.8 Å². The van der Waals surface area contributed by atoms with E-state index < -0.39 is 54.0 Å². The molecule has 0 spiro atoms. The van der Waals surface area contributed by atoms with Gasteiger partial charge in [0.15, 0.2) is 5.96 Å². The van der Waals surface area contributed by atoms with Crippen LogP contribution in [0.2, 0.25) is 0 Å². The van der Waals surface area contributed by atoms with E-state index in [1.54, 1.807) is 24.3 Å². The van der Waals surface area contributed by atoms with Crippen LogP contribution in [-0.4, -0.2) is 71.7 Å². The maximum Gasteiger partial charge on any atom is 0.303 e. The number of aliphatic carboxylic acids is 1. The molecule has 1 unspecified atom stereocenters. The second-order valence-corrected chi connectivity index (χ2v) is 8.81. The van der Waals surface area contributed by atoms with Crippen molar-refractivity contribution in [2.45, 2.75) is 44.2 Å². The number of carbonyl (C=O) groups excluding carboxylic acids is 4. The Balaban J connectivity index is 3.13. The number of carboxylic acids is 1. The first-order chi connectivity index (χ1) is 18.8. The van der Waals surface area contributed by atoms with E-state index in [2.05, 4.69) is 27.5 Å². The third-order valence-corrected chi connectivity index (χ3v) is 5.64. The molecule has 15 nitrogen and oxygen atoms in total. The van der Waals surface area contributed by atoms with Crippen LogP contribution in [0.3, 0.4) is 0 Å². The minimum Gasteiger partial charge on any atom is -0.481 e. The lowest BCUT2D eigenvalue weighted by molar-refractivity contribution is -0.140. The minimum absolute atomic E-state index is 0.0744. The first-order valence-corrected chi connectivity index (χ1v) is 12.3. The molecule has 0 bridgehead atoms. The molecule has 1 aromatic carbocycles. The number of hydrogen-bond donors (Lipinski definition) is 9. The van der Waals surface area contributed by atoms with Crippen molar-refractivity contribution in [1.29, 1.82) is 5.41 Å². The van der Waals surface area contributed by atoms with Crippen LogP contribution < -0.4 is 38.9 Å². The third-order valence-electron chi connectivity index (χ3n) is 5.64. The molecule has 218 valence electrons. The highest BCUT2D eigenvalue weighted by atomic mass is 16.4. The number of benzene rings is 1. The van der Waals surface area contributed by atoms with Crippen molar-refractivity contribution in [2.75, 3.05) is 13.1 Å². The molecule has 40 heavy (non-hydrogen) atoms. The number of primary amides is 1. The zero-order chi connectivity index (χ0) is 30.2. The number of carboxylic acid groups (broad SMARTS) is 1. The number of rotatable bonds is 18. The summed E-state index contributed by atoms with van der Waals surface area (Å²) >= 11 is 0. The van der Waals surface area contributed by atoms with Crippen molar-refractivity contribution in [3.05, 3.63) is 48.0 Å². The number of aliphatic imine (C=N–C) groups is 1. The zero-order valence-electron chi connectivity index (χ0n) is 22.0. The topological polar surface area (TPSA) is 282 Å². The average Bonchev–Trinajstić information content (AvgIpc) is 2.89. The SMILES string of the molecule is C=CCNC(=O)C(Cc1ccc(C(=N)N)cc1)C(=O)N[C@@H](CCC(=O)O)C(=O)N[C@@H](CCCN=C(N)N)C(N)=O. The number of hydrogen-bond acceptors (Lipinski definition) is 7. The van der Waals surface area contributed by atoms with Gasteiger partial charge in [-0.3, -0.25) is 34.4 Å². The van der Waals surface area contributed by atoms with Crippen LogP contribution in [0.1, 0.15) is 36.8 Å². The highest BCUT2D eigenvalue weighted by Crippen LogP contribution is 2.13. The van der Waals surface area contributed by atoms with Gasteiger partial charge in [0.1, 0.15) is 23.8 Å². The summed E-state index contributed by atoms with van der Waals surface area (Å²) in [6, 6.07) is 3.80. The van der Waals surface area contributed by atoms with E-state index in [0.717, 1.165) is 0 Å². The number of amidine groups is 1. The predicted molar refractivity (Wildman–Crippen MR) is 148 cm³/mol. The van der Waals surface area contributed by atoms with Crippen LogP contribution in [0.5, 0.6) is 0 Å². The molecule has 0 fully saturated rings. The molecule has 1 rings (SSSR count). The second kappa shape index (κ2) is 16.8. The van der Waals surface area contributed by atoms with Gasteiger partial charge in [-0.15, -0.1) is 6.58 Å². The van der Waals surface area contributed by atoms with Gasteiger partial charge in [-0.25, -0.2) is 0 Å². The number of amides is 4. The number of carbonyl (C=O) groups is 5. The zero-order valence-corrected chi connectivity index (χ0v) is 22.0. The van der Waals surface area contributed by atoms with Crippen LogP contribution in [0.15, 0.2) is 41.9 Å². The van der Waals surface area contributed by atoms with Crippen molar-refractivity contribution in [3.63, 3.8) is 0 Å². The van der Waals surface area contributed by atoms with E-state index in [-0.39, 0.29) is 44.1 Å². The summed E-state index contributed by atoms with van der Waals surface area (Å²) in [6.45, 7) is 3.78. The lowest BCUT2D eigenvalue weighted by Gasteiger charge is -2.24. The Kier molecular flexibility index (Phi) is 13.9. The summed E-state index contributed by atoms with van der Waals surface area (Å²) in [5, 5.41) is 24.1. The molecule has 0 saturated carbocycles. The molecular weight excluding hydrogens is 522 g/mol. The standard InChI is InChI=1S/C25H37N9O6/c1-2-11-31-22(38)16(13-14-5-7-15(8-6-14)20(26)27)23(39)34-18(9-10-19(35)36)24(40)33-17(21(28)37)4-3-12-32-25(29)30/h2,5-8,16-18H,1,3-4,9-13H2,(H3,26,27)(H2,28,37)(H,31,38)(H,33,40)(H,34,39)(H,35,36)(H4,29,30,32)/t16?,17-,18-/m0/s1. The molecule has 0 radical (unpaired) electrons. The second-order valence-electron chi connectivity index (χ2n) is 8.81. The van der Waals surface area contributed by atoms with Crippen molar-refractivity contribution >= 4 is 41.4 Å². The van der Waals surface area contributed by atoms with Gasteiger partial charge in [0.05, 0.1) is 0 Å². The van der Waals surface area contributed by atoms with Crippen LogP contribution in [0, 0.1) is 11.3 Å². The number of nitrogens with zero attached hydrogens (tertiary/aromatic N) is 1. The smallest absolute Gasteiger partial charge is 0.303 e. The molecule has 13 N–H and O–H groups in total. The van der Waals surface area contributed by atoms with E-state index in [0.29, 0.717) is 17.5 Å². The summed E-state index contributed by atoms with van der Waals surface area (Å²) in [5.74, 6) is -6.02. The lowest BCUT2D eigenvalue weighted by Crippen LogP contribution is -2.55. The molecule has 1 aromatic rings. The molecule has 4 amide bonds. The summed E-state index contributed by atoms with van der Waals surface area (Å²) in [5.41, 5.74) is 22.4. The van der Waals surface area contributed by atoms with Gasteiger partial charge in [-0.1, -0.05) is 30.3 Å². The van der Waals surface area contributed by atoms with Gasteiger partial charge in [0.25, 0.3) is 0 Å². The third kappa shape index (κ3) is 12.1.